The first-order valence-corrected chi connectivity index (χ1v) is 10.5. The van der Waals surface area contributed by atoms with Gasteiger partial charge in [-0.3, -0.25) is 14.2 Å². The molecule has 142 valence electrons. The number of benzene rings is 1. The summed E-state index contributed by atoms with van der Waals surface area (Å²) in [5.41, 5.74) is 0.538. The van der Waals surface area contributed by atoms with Crippen molar-refractivity contribution in [2.75, 3.05) is 24.8 Å². The van der Waals surface area contributed by atoms with Crippen molar-refractivity contribution in [2.45, 2.75) is 11.7 Å². The van der Waals surface area contributed by atoms with E-state index in [1.54, 1.807) is 24.6 Å². The van der Waals surface area contributed by atoms with Gasteiger partial charge < -0.3 is 10.1 Å². The molecule has 0 atom stereocenters. The molecule has 6 nitrogen and oxygen atoms in total. The predicted octanol–water partition coefficient (Wildman–Crippen LogP) is 3.74. The van der Waals surface area contributed by atoms with Crippen LogP contribution < -0.4 is 10.9 Å². The Balaban J connectivity index is 1.77. The maximum atomic E-state index is 13.8. The summed E-state index contributed by atoms with van der Waals surface area (Å²) in [6.07, 6.45) is 0. The fourth-order valence-electron chi connectivity index (χ4n) is 2.32. The zero-order valence-electron chi connectivity index (χ0n) is 14.2. The normalized spacial score (nSPS) is 11.1. The molecule has 0 spiro atoms. The fraction of sp³-hybridized carbons (Fsp3) is 0.235. The molecule has 0 aliphatic carbocycles. The summed E-state index contributed by atoms with van der Waals surface area (Å²) in [7, 11) is 1.55. The van der Waals surface area contributed by atoms with Crippen LogP contribution >= 0.6 is 39.0 Å². The summed E-state index contributed by atoms with van der Waals surface area (Å²) in [5.74, 6) is -0.929. The lowest BCUT2D eigenvalue weighted by Crippen LogP contribution is -2.25. The van der Waals surface area contributed by atoms with E-state index >= 15 is 0 Å². The number of rotatable bonds is 7. The van der Waals surface area contributed by atoms with Gasteiger partial charge in [0.2, 0.25) is 5.91 Å². The average molecular weight is 472 g/mol. The molecule has 3 aromatic rings. The topological polar surface area (TPSA) is 73.2 Å². The van der Waals surface area contributed by atoms with Gasteiger partial charge in [0.05, 0.1) is 30.1 Å². The molecule has 1 aromatic carbocycles. The number of nitrogens with one attached hydrogen (secondary N) is 1. The van der Waals surface area contributed by atoms with E-state index in [0.29, 0.717) is 33.0 Å². The van der Waals surface area contributed by atoms with E-state index in [4.69, 9.17) is 4.74 Å². The Labute approximate surface area is 170 Å². The minimum absolute atomic E-state index is 0.00936. The smallest absolute Gasteiger partial charge is 0.272 e. The van der Waals surface area contributed by atoms with Crippen LogP contribution in [0.15, 0.2) is 44.1 Å². The van der Waals surface area contributed by atoms with Gasteiger partial charge in [-0.2, -0.15) is 0 Å². The molecule has 0 aliphatic heterocycles. The number of hydrogen-bond acceptors (Lipinski definition) is 6. The average Bonchev–Trinajstić information content (AvgIpc) is 3.10. The number of halogens is 2. The molecule has 27 heavy (non-hydrogen) atoms. The van der Waals surface area contributed by atoms with Crippen LogP contribution in [0.3, 0.4) is 0 Å². The molecule has 0 radical (unpaired) electrons. The lowest BCUT2D eigenvalue weighted by molar-refractivity contribution is -0.113. The van der Waals surface area contributed by atoms with E-state index in [1.807, 2.05) is 0 Å². The third-order valence-electron chi connectivity index (χ3n) is 3.59. The lowest BCUT2D eigenvalue weighted by atomic mass is 10.3. The van der Waals surface area contributed by atoms with Crippen molar-refractivity contribution in [2.24, 2.45) is 0 Å². The van der Waals surface area contributed by atoms with Crippen molar-refractivity contribution in [3.05, 3.63) is 50.3 Å². The maximum absolute atomic E-state index is 13.8. The van der Waals surface area contributed by atoms with E-state index in [9.17, 15) is 14.0 Å². The highest BCUT2D eigenvalue weighted by molar-refractivity contribution is 9.10. The molecule has 3 rings (SSSR count). The Hall–Kier alpha value is -1.75. The monoisotopic (exact) mass is 471 g/mol. The van der Waals surface area contributed by atoms with Gasteiger partial charge in [-0.25, -0.2) is 9.37 Å². The highest BCUT2D eigenvalue weighted by atomic mass is 79.9. The number of methoxy groups -OCH3 is 1. The molecule has 0 unspecified atom stereocenters. The minimum atomic E-state index is -0.530. The van der Waals surface area contributed by atoms with E-state index in [-0.39, 0.29) is 22.9 Å². The summed E-state index contributed by atoms with van der Waals surface area (Å²) in [6, 6.07) is 6.16. The number of aromatic nitrogens is 2. The zero-order valence-corrected chi connectivity index (χ0v) is 17.4. The van der Waals surface area contributed by atoms with Gasteiger partial charge in [0.1, 0.15) is 10.5 Å². The summed E-state index contributed by atoms with van der Waals surface area (Å²) in [6.45, 7) is 0.684. The molecule has 2 heterocycles. The Morgan fingerprint density at radius 1 is 1.44 bits per heavy atom. The van der Waals surface area contributed by atoms with Crippen LogP contribution in [0.1, 0.15) is 0 Å². The molecule has 0 fully saturated rings. The molecule has 0 bridgehead atoms. The first-order valence-electron chi connectivity index (χ1n) is 7.84. The third kappa shape index (κ3) is 4.75. The van der Waals surface area contributed by atoms with Gasteiger partial charge in [-0.1, -0.05) is 27.7 Å². The predicted molar refractivity (Wildman–Crippen MR) is 109 cm³/mol. The van der Waals surface area contributed by atoms with Gasteiger partial charge in [0.15, 0.2) is 5.16 Å². The highest BCUT2D eigenvalue weighted by Crippen LogP contribution is 2.22. The number of carbonyl (C=O) groups is 1. The minimum Gasteiger partial charge on any atom is -0.383 e. The molecule has 1 amide bonds. The molecule has 0 saturated carbocycles. The Bertz CT molecular complexity index is 1040. The maximum Gasteiger partial charge on any atom is 0.272 e. The van der Waals surface area contributed by atoms with Crippen molar-refractivity contribution in [1.29, 1.82) is 0 Å². The second-order valence-corrected chi connectivity index (χ2v) is 8.21. The number of nitrogens with zero attached hydrogens (tertiary/aromatic N) is 2. The van der Waals surface area contributed by atoms with Crippen LogP contribution in [0, 0.1) is 5.82 Å². The van der Waals surface area contributed by atoms with Crippen LogP contribution in [0.2, 0.25) is 0 Å². The van der Waals surface area contributed by atoms with Crippen LogP contribution in [-0.2, 0) is 16.1 Å². The van der Waals surface area contributed by atoms with E-state index in [0.717, 1.165) is 11.8 Å². The van der Waals surface area contributed by atoms with Crippen molar-refractivity contribution in [3.63, 3.8) is 0 Å². The van der Waals surface area contributed by atoms with Crippen molar-refractivity contribution in [3.8, 4) is 0 Å². The summed E-state index contributed by atoms with van der Waals surface area (Å²) >= 11 is 5.62. The van der Waals surface area contributed by atoms with E-state index < -0.39 is 5.82 Å². The van der Waals surface area contributed by atoms with Crippen molar-refractivity contribution >= 4 is 60.8 Å². The largest absolute Gasteiger partial charge is 0.383 e. The van der Waals surface area contributed by atoms with E-state index in [1.165, 1.54) is 28.0 Å². The summed E-state index contributed by atoms with van der Waals surface area (Å²) in [4.78, 5) is 29.3. The van der Waals surface area contributed by atoms with Crippen LogP contribution in [0.25, 0.3) is 10.2 Å². The molecule has 2 aromatic heterocycles. The Morgan fingerprint density at radius 3 is 3.00 bits per heavy atom. The zero-order chi connectivity index (χ0) is 19.4. The summed E-state index contributed by atoms with van der Waals surface area (Å²) in [5, 5.41) is 4.75. The van der Waals surface area contributed by atoms with Gasteiger partial charge in [0, 0.05) is 11.6 Å². The first-order chi connectivity index (χ1) is 13.0. The molecule has 0 saturated heterocycles. The second kappa shape index (κ2) is 8.96. The lowest BCUT2D eigenvalue weighted by Gasteiger charge is -2.11. The number of ether oxygens (including phenoxy) is 1. The quantitative estimate of drug-likeness (QED) is 0.419. The number of carbonyl (C=O) groups excluding carboxylic acids is 1. The van der Waals surface area contributed by atoms with Gasteiger partial charge in [0.25, 0.3) is 5.56 Å². The second-order valence-electron chi connectivity index (χ2n) is 5.44. The van der Waals surface area contributed by atoms with Crippen LogP contribution in [-0.4, -0.2) is 34.9 Å². The Kier molecular flexibility index (Phi) is 6.64. The van der Waals surface area contributed by atoms with Crippen molar-refractivity contribution in [1.82, 2.24) is 9.55 Å². The van der Waals surface area contributed by atoms with Gasteiger partial charge in [-0.05, 0) is 29.6 Å². The molecule has 1 N–H and O–H groups in total. The number of hydrogen-bond donors (Lipinski definition) is 1. The number of thiophene rings is 1. The highest BCUT2D eigenvalue weighted by Gasteiger charge is 2.15. The van der Waals surface area contributed by atoms with Crippen molar-refractivity contribution < 1.29 is 13.9 Å². The SMILES string of the molecule is COCCn1c(SCC(=O)Nc2ccc(Br)cc2F)nc2ccsc2c1=O. The molecular weight excluding hydrogens is 457 g/mol. The summed E-state index contributed by atoms with van der Waals surface area (Å²) < 4.78 is 21.6. The van der Waals surface area contributed by atoms with Gasteiger partial charge in [-0.15, -0.1) is 11.3 Å². The van der Waals surface area contributed by atoms with Crippen LogP contribution in [0.5, 0.6) is 0 Å². The third-order valence-corrected chi connectivity index (χ3v) is 5.95. The Morgan fingerprint density at radius 2 is 2.26 bits per heavy atom. The molecular formula is C17H15BrFN3O3S2. The number of fused-ring (bicyclic) bond motifs is 1. The number of amides is 1. The fourth-order valence-corrected chi connectivity index (χ4v) is 4.26. The van der Waals surface area contributed by atoms with Gasteiger partial charge >= 0.3 is 0 Å². The molecule has 0 aliphatic rings. The van der Waals surface area contributed by atoms with Crippen LogP contribution in [0.4, 0.5) is 10.1 Å². The molecule has 10 heteroatoms. The number of thioether (sulfide) groups is 1. The number of anilines is 1. The standard InChI is InChI=1S/C17H15BrFN3O3S2/c1-25-6-5-22-16(24)15-13(4-7-26-15)21-17(22)27-9-14(23)20-12-3-2-10(18)8-11(12)19/h2-4,7-8H,5-6,9H2,1H3,(H,20,23). The first kappa shape index (κ1) is 20.0. The van der Waals surface area contributed by atoms with E-state index in [2.05, 4.69) is 26.2 Å².